The summed E-state index contributed by atoms with van der Waals surface area (Å²) in [5, 5.41) is 8.92. The third-order valence-electron chi connectivity index (χ3n) is 4.65. The number of carbonyl (C=O) groups is 1. The minimum absolute atomic E-state index is 0.223. The number of β-amino-alcohol motifs (C(OH)–C–C–N with tert-alkyl or cyclic N) is 1. The molecular formula is C14H24N2O2. The second kappa shape index (κ2) is 5.17. The molecule has 1 aliphatic heterocycles. The van der Waals surface area contributed by atoms with Crippen LogP contribution >= 0.6 is 0 Å². The molecule has 1 heterocycles. The van der Waals surface area contributed by atoms with Crippen molar-refractivity contribution >= 4 is 5.91 Å². The molecule has 1 amide bonds. The van der Waals surface area contributed by atoms with Crippen LogP contribution < -0.4 is 0 Å². The number of amides is 1. The molecule has 0 spiro atoms. The van der Waals surface area contributed by atoms with Crippen molar-refractivity contribution in [2.75, 3.05) is 39.3 Å². The van der Waals surface area contributed by atoms with E-state index in [0.717, 1.165) is 32.7 Å². The molecule has 0 unspecified atom stereocenters. The van der Waals surface area contributed by atoms with Crippen LogP contribution in [0.15, 0.2) is 0 Å². The Morgan fingerprint density at radius 2 is 1.61 bits per heavy atom. The first kappa shape index (κ1) is 12.4. The van der Waals surface area contributed by atoms with E-state index in [4.69, 9.17) is 5.11 Å². The fraction of sp³-hybridized carbons (Fsp3) is 0.929. The molecule has 3 rings (SSSR count). The molecule has 3 fully saturated rings. The lowest BCUT2D eigenvalue weighted by Crippen LogP contribution is -2.51. The molecule has 0 bridgehead atoms. The molecule has 0 aromatic rings. The van der Waals surface area contributed by atoms with Gasteiger partial charge in [0.2, 0.25) is 5.91 Å². The molecule has 102 valence electrons. The number of aliphatic hydroxyl groups excluding tert-OH is 1. The fourth-order valence-corrected chi connectivity index (χ4v) is 3.24. The SMILES string of the molecule is O=C(C(C1CC1)C1CC1)N1CCN(CCO)CC1. The van der Waals surface area contributed by atoms with Crippen molar-refractivity contribution in [2.45, 2.75) is 25.7 Å². The molecule has 3 aliphatic rings. The van der Waals surface area contributed by atoms with Gasteiger partial charge in [-0.05, 0) is 37.5 Å². The van der Waals surface area contributed by atoms with Gasteiger partial charge in [-0.25, -0.2) is 0 Å². The van der Waals surface area contributed by atoms with Gasteiger partial charge in [-0.3, -0.25) is 9.69 Å². The lowest BCUT2D eigenvalue weighted by atomic mass is 9.96. The normalized spacial score (nSPS) is 25.8. The number of rotatable bonds is 5. The summed E-state index contributed by atoms with van der Waals surface area (Å²) in [7, 11) is 0. The van der Waals surface area contributed by atoms with Crippen molar-refractivity contribution in [3.05, 3.63) is 0 Å². The van der Waals surface area contributed by atoms with Gasteiger partial charge in [-0.15, -0.1) is 0 Å². The smallest absolute Gasteiger partial charge is 0.226 e. The van der Waals surface area contributed by atoms with E-state index >= 15 is 0 Å². The molecule has 1 N–H and O–H groups in total. The van der Waals surface area contributed by atoms with Gasteiger partial charge in [-0.2, -0.15) is 0 Å². The monoisotopic (exact) mass is 252 g/mol. The van der Waals surface area contributed by atoms with Crippen molar-refractivity contribution in [1.82, 2.24) is 9.80 Å². The summed E-state index contributed by atoms with van der Waals surface area (Å²) in [6.07, 6.45) is 5.10. The van der Waals surface area contributed by atoms with Crippen LogP contribution in [-0.4, -0.2) is 60.1 Å². The van der Waals surface area contributed by atoms with Crippen molar-refractivity contribution in [3.8, 4) is 0 Å². The third kappa shape index (κ3) is 2.69. The zero-order valence-electron chi connectivity index (χ0n) is 11.1. The summed E-state index contributed by atoms with van der Waals surface area (Å²) in [5.41, 5.74) is 0. The molecule has 4 heteroatoms. The van der Waals surface area contributed by atoms with Crippen LogP contribution in [0, 0.1) is 17.8 Å². The average Bonchev–Trinajstić information content (AvgIpc) is 3.25. The molecule has 18 heavy (non-hydrogen) atoms. The molecule has 0 radical (unpaired) electrons. The summed E-state index contributed by atoms with van der Waals surface area (Å²) in [5.74, 6) is 2.21. The van der Waals surface area contributed by atoms with Gasteiger partial charge in [0.05, 0.1) is 6.61 Å². The van der Waals surface area contributed by atoms with Gasteiger partial charge < -0.3 is 10.0 Å². The van der Waals surface area contributed by atoms with Crippen molar-refractivity contribution in [1.29, 1.82) is 0 Å². The largest absolute Gasteiger partial charge is 0.395 e. The predicted molar refractivity (Wildman–Crippen MR) is 69.0 cm³/mol. The highest BCUT2D eigenvalue weighted by Gasteiger charge is 2.47. The van der Waals surface area contributed by atoms with E-state index in [2.05, 4.69) is 9.80 Å². The van der Waals surface area contributed by atoms with Crippen molar-refractivity contribution in [2.24, 2.45) is 17.8 Å². The molecule has 2 saturated carbocycles. The first-order valence-corrected chi connectivity index (χ1v) is 7.41. The standard InChI is InChI=1S/C14H24N2O2/c17-10-9-15-5-7-16(8-6-15)14(18)13(11-1-2-11)12-3-4-12/h11-13,17H,1-10H2. The number of hydrogen-bond donors (Lipinski definition) is 1. The molecule has 2 aliphatic carbocycles. The number of carbonyl (C=O) groups excluding carboxylic acids is 1. The van der Waals surface area contributed by atoms with Gasteiger partial charge in [0.15, 0.2) is 0 Å². The first-order valence-electron chi connectivity index (χ1n) is 7.41. The van der Waals surface area contributed by atoms with Crippen molar-refractivity contribution in [3.63, 3.8) is 0 Å². The van der Waals surface area contributed by atoms with Crippen LogP contribution in [-0.2, 0) is 4.79 Å². The summed E-state index contributed by atoms with van der Waals surface area (Å²) in [6, 6.07) is 0. The quantitative estimate of drug-likeness (QED) is 0.777. The number of hydrogen-bond acceptors (Lipinski definition) is 3. The van der Waals surface area contributed by atoms with E-state index < -0.39 is 0 Å². The van der Waals surface area contributed by atoms with Crippen LogP contribution in [0.5, 0.6) is 0 Å². The Labute approximate surface area is 109 Å². The Kier molecular flexibility index (Phi) is 3.57. The number of nitrogens with zero attached hydrogens (tertiary/aromatic N) is 2. The average molecular weight is 252 g/mol. The van der Waals surface area contributed by atoms with Gasteiger partial charge in [0.25, 0.3) is 0 Å². The van der Waals surface area contributed by atoms with Crippen LogP contribution in [0.3, 0.4) is 0 Å². The summed E-state index contributed by atoms with van der Waals surface area (Å²) in [4.78, 5) is 16.9. The van der Waals surface area contributed by atoms with E-state index in [1.54, 1.807) is 0 Å². The van der Waals surface area contributed by atoms with Gasteiger partial charge >= 0.3 is 0 Å². The van der Waals surface area contributed by atoms with E-state index in [1.807, 2.05) is 0 Å². The Balaban J connectivity index is 1.53. The fourth-order valence-electron chi connectivity index (χ4n) is 3.24. The maximum Gasteiger partial charge on any atom is 0.226 e. The van der Waals surface area contributed by atoms with E-state index in [0.29, 0.717) is 23.7 Å². The Hall–Kier alpha value is -0.610. The van der Waals surface area contributed by atoms with Crippen LogP contribution in [0.2, 0.25) is 0 Å². The molecule has 0 aromatic heterocycles. The second-order valence-electron chi connectivity index (χ2n) is 6.09. The van der Waals surface area contributed by atoms with Crippen molar-refractivity contribution < 1.29 is 9.90 Å². The first-order chi connectivity index (χ1) is 8.79. The third-order valence-corrected chi connectivity index (χ3v) is 4.65. The summed E-state index contributed by atoms with van der Waals surface area (Å²) in [6.45, 7) is 4.53. The molecule has 0 aromatic carbocycles. The van der Waals surface area contributed by atoms with Crippen LogP contribution in [0.4, 0.5) is 0 Å². The van der Waals surface area contributed by atoms with E-state index in [1.165, 1.54) is 25.7 Å². The van der Waals surface area contributed by atoms with Crippen LogP contribution in [0.1, 0.15) is 25.7 Å². The van der Waals surface area contributed by atoms with Gasteiger partial charge in [0.1, 0.15) is 0 Å². The number of piperazine rings is 1. The van der Waals surface area contributed by atoms with E-state index in [-0.39, 0.29) is 6.61 Å². The maximum atomic E-state index is 12.6. The Bertz CT molecular complexity index is 293. The highest BCUT2D eigenvalue weighted by Crippen LogP contribution is 2.49. The summed E-state index contributed by atoms with van der Waals surface area (Å²) < 4.78 is 0. The highest BCUT2D eigenvalue weighted by molar-refractivity contribution is 5.80. The lowest BCUT2D eigenvalue weighted by molar-refractivity contribution is -0.138. The minimum atomic E-state index is 0.223. The molecule has 4 nitrogen and oxygen atoms in total. The van der Waals surface area contributed by atoms with E-state index in [9.17, 15) is 4.79 Å². The van der Waals surface area contributed by atoms with Gasteiger partial charge in [-0.1, -0.05) is 0 Å². The van der Waals surface area contributed by atoms with Crippen LogP contribution in [0.25, 0.3) is 0 Å². The molecule has 1 saturated heterocycles. The molecular weight excluding hydrogens is 228 g/mol. The predicted octanol–water partition coefficient (Wildman–Crippen LogP) is 0.559. The number of aliphatic hydroxyl groups is 1. The minimum Gasteiger partial charge on any atom is -0.395 e. The maximum absolute atomic E-state index is 12.6. The zero-order valence-corrected chi connectivity index (χ0v) is 11.1. The molecule has 0 atom stereocenters. The highest BCUT2D eigenvalue weighted by atomic mass is 16.3. The van der Waals surface area contributed by atoms with Gasteiger partial charge in [0, 0.05) is 38.6 Å². The second-order valence-corrected chi connectivity index (χ2v) is 6.09. The Morgan fingerprint density at radius 3 is 2.06 bits per heavy atom. The topological polar surface area (TPSA) is 43.8 Å². The summed E-state index contributed by atoms with van der Waals surface area (Å²) >= 11 is 0. The zero-order chi connectivity index (χ0) is 12.5. The lowest BCUT2D eigenvalue weighted by Gasteiger charge is -2.36. The Morgan fingerprint density at radius 1 is 1.06 bits per heavy atom.